The first-order valence-electron chi connectivity index (χ1n) is 6.80. The van der Waals surface area contributed by atoms with Gasteiger partial charge in [-0.1, -0.05) is 28.1 Å². The van der Waals surface area contributed by atoms with Crippen molar-refractivity contribution in [1.82, 2.24) is 4.90 Å². The predicted octanol–water partition coefficient (Wildman–Crippen LogP) is 3.88. The molecule has 7 heteroatoms. The Bertz CT molecular complexity index is 570. The van der Waals surface area contributed by atoms with Crippen LogP contribution >= 0.6 is 27.7 Å². The monoisotopic (exact) mass is 387 g/mol. The summed E-state index contributed by atoms with van der Waals surface area (Å²) in [5.41, 5.74) is 0.209. The highest BCUT2D eigenvalue weighted by Crippen LogP contribution is 2.42. The number of nitrogens with zero attached hydrogens (tertiary/aromatic N) is 1. The molecule has 2 rings (SSSR count). The summed E-state index contributed by atoms with van der Waals surface area (Å²) < 4.78 is 6.31. The summed E-state index contributed by atoms with van der Waals surface area (Å²) in [6.07, 6.45) is -0.599. The molecule has 0 radical (unpaired) electrons. The second kappa shape index (κ2) is 6.50. The van der Waals surface area contributed by atoms with Crippen molar-refractivity contribution >= 4 is 39.8 Å². The number of halogens is 1. The van der Waals surface area contributed by atoms with Crippen molar-refractivity contribution in [2.45, 2.75) is 37.8 Å². The Morgan fingerprint density at radius 2 is 1.91 bits per heavy atom. The number of aliphatic carboxylic acids is 1. The van der Waals surface area contributed by atoms with E-state index in [1.54, 1.807) is 20.8 Å². The predicted molar refractivity (Wildman–Crippen MR) is 88.8 cm³/mol. The number of thioether (sulfide) groups is 1. The van der Waals surface area contributed by atoms with Crippen molar-refractivity contribution in [3.05, 3.63) is 34.3 Å². The number of carbonyl (C=O) groups excluding carboxylic acids is 1. The maximum Gasteiger partial charge on any atom is 0.412 e. The second-order valence-corrected chi connectivity index (χ2v) is 8.01. The lowest BCUT2D eigenvalue weighted by Gasteiger charge is -2.30. The summed E-state index contributed by atoms with van der Waals surface area (Å²) in [5, 5.41) is 9.01. The third-order valence-electron chi connectivity index (χ3n) is 3.04. The number of carbonyl (C=O) groups is 2. The van der Waals surface area contributed by atoms with E-state index in [0.717, 1.165) is 10.0 Å². The van der Waals surface area contributed by atoms with Crippen molar-refractivity contribution in [3.8, 4) is 0 Å². The summed E-state index contributed by atoms with van der Waals surface area (Å²) in [5.74, 6) is -0.673. The number of amides is 1. The van der Waals surface area contributed by atoms with E-state index < -0.39 is 23.7 Å². The Morgan fingerprint density at radius 3 is 2.41 bits per heavy atom. The first-order chi connectivity index (χ1) is 10.2. The molecule has 1 aliphatic heterocycles. The zero-order chi connectivity index (χ0) is 16.5. The molecular formula is C15H18BrNO4S. The molecule has 1 fully saturated rings. The van der Waals surface area contributed by atoms with Gasteiger partial charge in [0.15, 0.2) is 0 Å². The minimum absolute atomic E-state index is 0.343. The third-order valence-corrected chi connectivity index (χ3v) is 4.90. The van der Waals surface area contributed by atoms with Gasteiger partial charge in [-0.05, 0) is 38.5 Å². The van der Waals surface area contributed by atoms with Crippen LogP contribution in [0.15, 0.2) is 28.7 Å². The summed E-state index contributed by atoms with van der Waals surface area (Å²) in [7, 11) is 0. The van der Waals surface area contributed by atoms with Crippen LogP contribution in [0.3, 0.4) is 0 Å². The van der Waals surface area contributed by atoms with Gasteiger partial charge in [0, 0.05) is 10.2 Å². The second-order valence-electron chi connectivity index (χ2n) is 5.98. The van der Waals surface area contributed by atoms with Crippen molar-refractivity contribution in [2.75, 3.05) is 5.75 Å². The molecule has 0 unspecified atom stereocenters. The molecule has 1 aliphatic rings. The molecule has 1 N–H and O–H groups in total. The summed E-state index contributed by atoms with van der Waals surface area (Å²) >= 11 is 4.80. The van der Waals surface area contributed by atoms with Crippen LogP contribution in [0.25, 0.3) is 0 Å². The van der Waals surface area contributed by atoms with E-state index in [2.05, 4.69) is 15.9 Å². The average molecular weight is 388 g/mol. The Hall–Kier alpha value is -1.21. The van der Waals surface area contributed by atoms with Gasteiger partial charge < -0.3 is 9.84 Å². The molecular weight excluding hydrogens is 370 g/mol. The van der Waals surface area contributed by atoms with Crippen LogP contribution in [0.2, 0.25) is 0 Å². The van der Waals surface area contributed by atoms with Crippen LogP contribution in [-0.2, 0) is 9.53 Å². The molecule has 2 atom stereocenters. The normalized spacial score (nSPS) is 21.7. The summed E-state index contributed by atoms with van der Waals surface area (Å²) in [4.78, 5) is 25.2. The average Bonchev–Trinajstić information content (AvgIpc) is 2.82. The maximum absolute atomic E-state index is 12.4. The highest BCUT2D eigenvalue weighted by atomic mass is 79.9. The number of ether oxygens (including phenoxy) is 1. The standard InChI is InChI=1S/C15H18BrNO4S/c1-15(2,3)21-14(20)17-11(13(18)19)8-22-12(17)9-4-6-10(16)7-5-9/h4-7,11-12H,8H2,1-3H3,(H,18,19)/t11-,12-/m1/s1. The molecule has 0 aromatic heterocycles. The van der Waals surface area contributed by atoms with Crippen molar-refractivity contribution in [1.29, 1.82) is 0 Å². The maximum atomic E-state index is 12.4. The molecule has 22 heavy (non-hydrogen) atoms. The zero-order valence-electron chi connectivity index (χ0n) is 12.6. The minimum atomic E-state index is -1.02. The van der Waals surface area contributed by atoms with E-state index in [-0.39, 0.29) is 5.37 Å². The number of benzene rings is 1. The highest BCUT2D eigenvalue weighted by molar-refractivity contribution is 9.10. The number of hydrogen-bond acceptors (Lipinski definition) is 4. The molecule has 0 aliphatic carbocycles. The lowest BCUT2D eigenvalue weighted by Crippen LogP contribution is -2.45. The van der Waals surface area contributed by atoms with Gasteiger partial charge in [0.2, 0.25) is 0 Å². The van der Waals surface area contributed by atoms with E-state index in [1.807, 2.05) is 24.3 Å². The first kappa shape index (κ1) is 17.1. The number of hydrogen-bond donors (Lipinski definition) is 1. The zero-order valence-corrected chi connectivity index (χ0v) is 15.0. The molecule has 120 valence electrons. The highest BCUT2D eigenvalue weighted by Gasteiger charge is 2.44. The lowest BCUT2D eigenvalue weighted by atomic mass is 10.2. The van der Waals surface area contributed by atoms with Crippen LogP contribution < -0.4 is 0 Å². The van der Waals surface area contributed by atoms with Crippen molar-refractivity contribution in [2.24, 2.45) is 0 Å². The molecule has 1 heterocycles. The van der Waals surface area contributed by atoms with Crippen molar-refractivity contribution < 1.29 is 19.4 Å². The number of carboxylic acids is 1. The van der Waals surface area contributed by atoms with Crippen LogP contribution in [0.4, 0.5) is 4.79 Å². The largest absolute Gasteiger partial charge is 0.480 e. The molecule has 1 aromatic carbocycles. The van der Waals surface area contributed by atoms with Crippen LogP contribution in [-0.4, -0.2) is 39.5 Å². The van der Waals surface area contributed by atoms with Gasteiger partial charge in [-0.15, -0.1) is 11.8 Å². The van der Waals surface area contributed by atoms with Gasteiger partial charge in [-0.25, -0.2) is 9.59 Å². The van der Waals surface area contributed by atoms with E-state index >= 15 is 0 Å². The SMILES string of the molecule is CC(C)(C)OC(=O)N1[C@@H](C(=O)O)CS[C@@H]1c1ccc(Br)cc1. The fraction of sp³-hybridized carbons (Fsp3) is 0.467. The van der Waals surface area contributed by atoms with Crippen LogP contribution in [0.5, 0.6) is 0 Å². The van der Waals surface area contributed by atoms with Crippen LogP contribution in [0.1, 0.15) is 31.7 Å². The lowest BCUT2D eigenvalue weighted by molar-refractivity contribution is -0.142. The Morgan fingerprint density at radius 1 is 1.32 bits per heavy atom. The summed E-state index contributed by atoms with van der Waals surface area (Å²) in [6.45, 7) is 5.29. The minimum Gasteiger partial charge on any atom is -0.480 e. The van der Waals surface area contributed by atoms with Gasteiger partial charge in [0.05, 0.1) is 0 Å². The number of rotatable bonds is 2. The van der Waals surface area contributed by atoms with Gasteiger partial charge in [-0.2, -0.15) is 0 Å². The van der Waals surface area contributed by atoms with Gasteiger partial charge in [-0.3, -0.25) is 4.90 Å². The van der Waals surface area contributed by atoms with Crippen molar-refractivity contribution in [3.63, 3.8) is 0 Å². The molecule has 0 saturated carbocycles. The van der Waals surface area contributed by atoms with Gasteiger partial charge >= 0.3 is 12.1 Å². The smallest absolute Gasteiger partial charge is 0.412 e. The van der Waals surface area contributed by atoms with Crippen LogP contribution in [0, 0.1) is 0 Å². The topological polar surface area (TPSA) is 66.8 Å². The van der Waals surface area contributed by atoms with E-state index in [1.165, 1.54) is 16.7 Å². The summed E-state index contributed by atoms with van der Waals surface area (Å²) in [6, 6.07) is 6.62. The first-order valence-corrected chi connectivity index (χ1v) is 8.64. The quantitative estimate of drug-likeness (QED) is 0.833. The fourth-order valence-corrected chi connectivity index (χ4v) is 3.79. The number of carboxylic acid groups (broad SMARTS) is 1. The Labute approximate surface area is 142 Å². The van der Waals surface area contributed by atoms with E-state index in [0.29, 0.717) is 5.75 Å². The fourth-order valence-electron chi connectivity index (χ4n) is 2.12. The molecule has 1 amide bonds. The molecule has 1 aromatic rings. The van der Waals surface area contributed by atoms with E-state index in [9.17, 15) is 14.7 Å². The third kappa shape index (κ3) is 3.95. The van der Waals surface area contributed by atoms with E-state index in [4.69, 9.17) is 4.74 Å². The van der Waals surface area contributed by atoms with Gasteiger partial charge in [0.25, 0.3) is 0 Å². The molecule has 1 saturated heterocycles. The van der Waals surface area contributed by atoms with Gasteiger partial charge in [0.1, 0.15) is 17.0 Å². The Kier molecular flexibility index (Phi) is 5.07. The molecule has 5 nitrogen and oxygen atoms in total. The Balaban J connectivity index is 2.30. The molecule has 0 bridgehead atoms. The molecule has 0 spiro atoms.